The number of amides is 1. The summed E-state index contributed by atoms with van der Waals surface area (Å²) in [7, 11) is 2.90. The highest BCUT2D eigenvalue weighted by molar-refractivity contribution is 8.18. The van der Waals surface area contributed by atoms with Crippen molar-refractivity contribution in [1.29, 1.82) is 0 Å². The van der Waals surface area contributed by atoms with E-state index < -0.39 is 11.9 Å². The van der Waals surface area contributed by atoms with Gasteiger partial charge in [-0.05, 0) is 59.8 Å². The lowest BCUT2D eigenvalue weighted by Crippen LogP contribution is -2.23. The number of aromatic carboxylic acids is 1. The van der Waals surface area contributed by atoms with Crippen LogP contribution in [0.1, 0.15) is 15.9 Å². The molecule has 1 fully saturated rings. The maximum Gasteiger partial charge on any atom is 0.343 e. The molecule has 8 nitrogen and oxygen atoms in total. The average molecular weight is 426 g/mol. The number of methoxy groups -OCH3 is 1. The van der Waals surface area contributed by atoms with Crippen molar-refractivity contribution < 1.29 is 29.0 Å². The van der Waals surface area contributed by atoms with Gasteiger partial charge in [0.25, 0.3) is 5.91 Å². The zero-order valence-electron chi connectivity index (χ0n) is 16.2. The third-order valence-corrected chi connectivity index (χ3v) is 5.14. The van der Waals surface area contributed by atoms with Crippen LogP contribution in [0.5, 0.6) is 5.75 Å². The van der Waals surface area contributed by atoms with E-state index in [2.05, 4.69) is 9.73 Å². The quantitative estimate of drug-likeness (QED) is 0.559. The Hall–Kier alpha value is -3.59. The molecule has 1 aliphatic rings. The molecular formula is C21H18N2O6S. The minimum absolute atomic E-state index is 0.164. The number of nitrogens with zero attached hydrogens (tertiary/aromatic N) is 2. The second kappa shape index (κ2) is 9.27. The molecule has 0 unspecified atom stereocenters. The summed E-state index contributed by atoms with van der Waals surface area (Å²) in [6, 6.07) is 13.1. The summed E-state index contributed by atoms with van der Waals surface area (Å²) in [5.41, 5.74) is 1.44. The van der Waals surface area contributed by atoms with E-state index in [4.69, 9.17) is 9.84 Å². The van der Waals surface area contributed by atoms with Gasteiger partial charge in [0.15, 0.2) is 11.8 Å². The van der Waals surface area contributed by atoms with E-state index in [0.717, 1.165) is 5.56 Å². The molecule has 1 N–H and O–H groups in total. The summed E-state index contributed by atoms with van der Waals surface area (Å²) in [4.78, 5) is 41.1. The fourth-order valence-electron chi connectivity index (χ4n) is 2.49. The highest BCUT2D eigenvalue weighted by Gasteiger charge is 2.30. The van der Waals surface area contributed by atoms with Crippen molar-refractivity contribution in [2.75, 3.05) is 20.8 Å². The Kier molecular flexibility index (Phi) is 6.53. The van der Waals surface area contributed by atoms with Gasteiger partial charge in [0.1, 0.15) is 5.75 Å². The van der Waals surface area contributed by atoms with E-state index >= 15 is 0 Å². The number of benzene rings is 2. The lowest BCUT2D eigenvalue weighted by atomic mass is 10.2. The van der Waals surface area contributed by atoms with Gasteiger partial charge in [0.2, 0.25) is 0 Å². The predicted octanol–water partition coefficient (Wildman–Crippen LogP) is 3.17. The standard InChI is InChI=1S/C21H18N2O6S/c1-23-19(25)17(11-13-4-3-5-16(10-13)29-12-18(24)28-2)30-21(23)22-15-8-6-14(7-9-15)20(26)27/h3-11H,12H2,1-2H3,(H,26,27). The number of carbonyl (C=O) groups is 3. The van der Waals surface area contributed by atoms with Crippen LogP contribution in [0.4, 0.5) is 5.69 Å². The van der Waals surface area contributed by atoms with Crippen LogP contribution in [0, 0.1) is 0 Å². The van der Waals surface area contributed by atoms with E-state index in [9.17, 15) is 14.4 Å². The zero-order chi connectivity index (χ0) is 21.7. The Morgan fingerprint density at radius 2 is 1.93 bits per heavy atom. The molecule has 1 saturated heterocycles. The van der Waals surface area contributed by atoms with Crippen LogP contribution < -0.4 is 4.74 Å². The van der Waals surface area contributed by atoms with Crippen LogP contribution in [0.15, 0.2) is 58.4 Å². The number of hydrogen-bond acceptors (Lipinski definition) is 7. The molecule has 0 radical (unpaired) electrons. The first kappa shape index (κ1) is 21.1. The molecule has 0 spiro atoms. The van der Waals surface area contributed by atoms with Gasteiger partial charge in [-0.2, -0.15) is 0 Å². The maximum atomic E-state index is 12.6. The second-order valence-electron chi connectivity index (χ2n) is 6.16. The molecule has 2 aromatic carbocycles. The van der Waals surface area contributed by atoms with E-state index in [1.165, 1.54) is 35.9 Å². The maximum absolute atomic E-state index is 12.6. The number of carboxylic acids is 1. The lowest BCUT2D eigenvalue weighted by molar-refractivity contribution is -0.142. The molecule has 154 valence electrons. The fourth-order valence-corrected chi connectivity index (χ4v) is 3.47. The van der Waals surface area contributed by atoms with Crippen molar-refractivity contribution >= 4 is 46.5 Å². The van der Waals surface area contributed by atoms with Crippen molar-refractivity contribution in [2.45, 2.75) is 0 Å². The molecule has 0 aromatic heterocycles. The van der Waals surface area contributed by atoms with Gasteiger partial charge in [0.05, 0.1) is 23.3 Å². The van der Waals surface area contributed by atoms with Gasteiger partial charge in [-0.3, -0.25) is 9.69 Å². The number of hydrogen-bond donors (Lipinski definition) is 1. The second-order valence-corrected chi connectivity index (χ2v) is 7.17. The average Bonchev–Trinajstić information content (AvgIpc) is 3.00. The first-order valence-electron chi connectivity index (χ1n) is 8.76. The normalized spacial score (nSPS) is 16.2. The van der Waals surface area contributed by atoms with Gasteiger partial charge in [-0.1, -0.05) is 12.1 Å². The number of aliphatic imine (C=N–C) groups is 1. The summed E-state index contributed by atoms with van der Waals surface area (Å²) >= 11 is 1.21. The molecule has 3 rings (SSSR count). The number of rotatable bonds is 6. The minimum atomic E-state index is -1.01. The number of esters is 1. The van der Waals surface area contributed by atoms with Crippen LogP contribution in [-0.2, 0) is 14.3 Å². The Bertz CT molecular complexity index is 1050. The highest BCUT2D eigenvalue weighted by Crippen LogP contribution is 2.33. The topological polar surface area (TPSA) is 106 Å². The van der Waals surface area contributed by atoms with Gasteiger partial charge in [-0.25, -0.2) is 14.6 Å². The molecule has 0 bridgehead atoms. The van der Waals surface area contributed by atoms with Crippen LogP contribution in [0.25, 0.3) is 6.08 Å². The first-order valence-corrected chi connectivity index (χ1v) is 9.58. The molecule has 1 amide bonds. The predicted molar refractivity (Wildman–Crippen MR) is 113 cm³/mol. The molecule has 1 aliphatic heterocycles. The van der Waals surface area contributed by atoms with E-state index in [1.54, 1.807) is 43.5 Å². The smallest absolute Gasteiger partial charge is 0.343 e. The third kappa shape index (κ3) is 5.06. The molecule has 1 heterocycles. The van der Waals surface area contributed by atoms with Crippen molar-refractivity contribution in [2.24, 2.45) is 4.99 Å². The number of carbonyl (C=O) groups excluding carboxylic acids is 2. The van der Waals surface area contributed by atoms with Crippen LogP contribution in [-0.4, -0.2) is 53.8 Å². The molecular weight excluding hydrogens is 408 g/mol. The molecule has 2 aromatic rings. The van der Waals surface area contributed by atoms with Gasteiger partial charge in [-0.15, -0.1) is 0 Å². The minimum Gasteiger partial charge on any atom is -0.482 e. The lowest BCUT2D eigenvalue weighted by Gasteiger charge is -2.07. The Labute approximate surface area is 176 Å². The molecule has 0 saturated carbocycles. The summed E-state index contributed by atoms with van der Waals surface area (Å²) in [6.07, 6.45) is 1.71. The van der Waals surface area contributed by atoms with Gasteiger partial charge in [0, 0.05) is 7.05 Å². The SMILES string of the molecule is COC(=O)COc1cccc(C=C2SC(=Nc3ccc(C(=O)O)cc3)N(C)C2=O)c1. The summed E-state index contributed by atoms with van der Waals surface area (Å²) in [5.74, 6) is -1.23. The van der Waals surface area contributed by atoms with Crippen molar-refractivity contribution in [3.05, 3.63) is 64.6 Å². The van der Waals surface area contributed by atoms with Crippen molar-refractivity contribution in [3.8, 4) is 5.75 Å². The van der Waals surface area contributed by atoms with E-state index in [0.29, 0.717) is 21.5 Å². The Morgan fingerprint density at radius 3 is 2.60 bits per heavy atom. The van der Waals surface area contributed by atoms with Crippen LogP contribution in [0.3, 0.4) is 0 Å². The summed E-state index contributed by atoms with van der Waals surface area (Å²) in [5, 5.41) is 9.45. The number of ether oxygens (including phenoxy) is 2. The number of carboxylic acid groups (broad SMARTS) is 1. The van der Waals surface area contributed by atoms with Crippen LogP contribution in [0.2, 0.25) is 0 Å². The fraction of sp³-hybridized carbons (Fsp3) is 0.143. The number of amidine groups is 1. The van der Waals surface area contributed by atoms with E-state index in [1.807, 2.05) is 6.07 Å². The summed E-state index contributed by atoms with van der Waals surface area (Å²) in [6.45, 7) is -0.204. The Morgan fingerprint density at radius 1 is 1.20 bits per heavy atom. The largest absolute Gasteiger partial charge is 0.482 e. The number of likely N-dealkylation sites (N-methyl/N-ethyl adjacent to an activating group) is 1. The van der Waals surface area contributed by atoms with Crippen LogP contribution >= 0.6 is 11.8 Å². The van der Waals surface area contributed by atoms with Gasteiger partial charge < -0.3 is 14.6 Å². The van der Waals surface area contributed by atoms with Gasteiger partial charge >= 0.3 is 11.9 Å². The van der Waals surface area contributed by atoms with E-state index in [-0.39, 0.29) is 18.1 Å². The number of thioether (sulfide) groups is 1. The molecule has 30 heavy (non-hydrogen) atoms. The molecule has 0 aliphatic carbocycles. The summed E-state index contributed by atoms with van der Waals surface area (Å²) < 4.78 is 9.91. The molecule has 0 atom stereocenters. The van der Waals surface area contributed by atoms with Crippen molar-refractivity contribution in [3.63, 3.8) is 0 Å². The highest BCUT2D eigenvalue weighted by atomic mass is 32.2. The third-order valence-electron chi connectivity index (χ3n) is 4.08. The van der Waals surface area contributed by atoms with Crippen molar-refractivity contribution in [1.82, 2.24) is 4.90 Å². The Balaban J connectivity index is 1.77. The molecule has 9 heteroatoms. The zero-order valence-corrected chi connectivity index (χ0v) is 17.0. The first-order chi connectivity index (χ1) is 14.4. The monoisotopic (exact) mass is 426 g/mol.